The molecule has 0 amide bonds. The molecule has 0 fully saturated rings. The quantitative estimate of drug-likeness (QED) is 0.656. The zero-order chi connectivity index (χ0) is 9.26. The zero-order valence-corrected chi connectivity index (χ0v) is 7.36. The van der Waals surface area contributed by atoms with Crippen LogP contribution in [0.3, 0.4) is 0 Å². The molecule has 3 heteroatoms. The molecular weight excluding hydrogens is 162 g/mol. The number of imidazole rings is 1. The molecule has 2 rings (SSSR count). The van der Waals surface area contributed by atoms with Gasteiger partial charge in [-0.2, -0.15) is 5.26 Å². The van der Waals surface area contributed by atoms with Gasteiger partial charge in [0.15, 0.2) is 0 Å². The number of hydrogen-bond donors (Lipinski definition) is 0. The van der Waals surface area contributed by atoms with E-state index < -0.39 is 0 Å². The van der Waals surface area contributed by atoms with Gasteiger partial charge in [-0.1, -0.05) is 13.0 Å². The minimum atomic E-state index is 0.651. The SMILES string of the molecule is CCc1nc2ccccn2c1C#N. The average molecular weight is 171 g/mol. The normalized spacial score (nSPS) is 10.2. The predicted octanol–water partition coefficient (Wildman–Crippen LogP) is 1.77. The van der Waals surface area contributed by atoms with Crippen LogP contribution in [0.1, 0.15) is 18.3 Å². The van der Waals surface area contributed by atoms with Crippen molar-refractivity contribution in [3.8, 4) is 6.07 Å². The van der Waals surface area contributed by atoms with Gasteiger partial charge < -0.3 is 0 Å². The number of hydrogen-bond acceptors (Lipinski definition) is 2. The maximum absolute atomic E-state index is 8.93. The maximum atomic E-state index is 8.93. The summed E-state index contributed by atoms with van der Waals surface area (Å²) in [5, 5.41) is 8.93. The van der Waals surface area contributed by atoms with E-state index in [1.165, 1.54) is 0 Å². The van der Waals surface area contributed by atoms with Crippen LogP contribution in [0.5, 0.6) is 0 Å². The van der Waals surface area contributed by atoms with E-state index in [-0.39, 0.29) is 0 Å². The summed E-state index contributed by atoms with van der Waals surface area (Å²) in [6, 6.07) is 7.89. The second kappa shape index (κ2) is 2.91. The number of rotatable bonds is 1. The van der Waals surface area contributed by atoms with Gasteiger partial charge in [-0.25, -0.2) is 4.98 Å². The van der Waals surface area contributed by atoms with Gasteiger partial charge in [0.05, 0.1) is 5.69 Å². The van der Waals surface area contributed by atoms with Crippen molar-refractivity contribution in [2.24, 2.45) is 0 Å². The first-order valence-corrected chi connectivity index (χ1v) is 4.23. The van der Waals surface area contributed by atoms with Crippen LogP contribution >= 0.6 is 0 Å². The monoisotopic (exact) mass is 171 g/mol. The fourth-order valence-electron chi connectivity index (χ4n) is 1.41. The van der Waals surface area contributed by atoms with E-state index >= 15 is 0 Å². The number of pyridine rings is 1. The summed E-state index contributed by atoms with van der Waals surface area (Å²) in [4.78, 5) is 4.34. The van der Waals surface area contributed by atoms with Crippen molar-refractivity contribution in [2.45, 2.75) is 13.3 Å². The first-order valence-electron chi connectivity index (χ1n) is 4.23. The number of nitrogens with zero attached hydrogens (tertiary/aromatic N) is 3. The Morgan fingerprint density at radius 2 is 2.38 bits per heavy atom. The van der Waals surface area contributed by atoms with Crippen molar-refractivity contribution in [1.82, 2.24) is 9.38 Å². The van der Waals surface area contributed by atoms with Crippen molar-refractivity contribution >= 4 is 5.65 Å². The molecule has 64 valence electrons. The van der Waals surface area contributed by atoms with E-state index in [2.05, 4.69) is 11.1 Å². The largest absolute Gasteiger partial charge is 0.291 e. The summed E-state index contributed by atoms with van der Waals surface area (Å²) < 4.78 is 1.82. The highest BCUT2D eigenvalue weighted by Gasteiger charge is 2.08. The Bertz CT molecular complexity index is 476. The van der Waals surface area contributed by atoms with Crippen molar-refractivity contribution in [3.63, 3.8) is 0 Å². The molecule has 0 spiro atoms. The lowest BCUT2D eigenvalue weighted by atomic mass is 10.3. The molecule has 0 aromatic carbocycles. The Morgan fingerprint density at radius 1 is 1.54 bits per heavy atom. The van der Waals surface area contributed by atoms with Crippen LogP contribution in [0.2, 0.25) is 0 Å². The molecule has 2 aromatic rings. The van der Waals surface area contributed by atoms with Gasteiger partial charge in [0, 0.05) is 6.20 Å². The molecule has 13 heavy (non-hydrogen) atoms. The van der Waals surface area contributed by atoms with Crippen molar-refractivity contribution in [1.29, 1.82) is 5.26 Å². The first kappa shape index (κ1) is 7.81. The molecule has 0 saturated heterocycles. The lowest BCUT2D eigenvalue weighted by Crippen LogP contribution is -1.88. The second-order valence-corrected chi connectivity index (χ2v) is 2.80. The molecular formula is C10H9N3. The number of nitriles is 1. The molecule has 0 saturated carbocycles. The van der Waals surface area contributed by atoms with Crippen molar-refractivity contribution < 1.29 is 0 Å². The number of fused-ring (bicyclic) bond motifs is 1. The Hall–Kier alpha value is -1.82. The minimum absolute atomic E-state index is 0.651. The lowest BCUT2D eigenvalue weighted by Gasteiger charge is -1.91. The molecule has 0 radical (unpaired) electrons. The van der Waals surface area contributed by atoms with E-state index in [0.717, 1.165) is 17.8 Å². The third-order valence-electron chi connectivity index (χ3n) is 2.04. The number of aryl methyl sites for hydroxylation is 1. The highest BCUT2D eigenvalue weighted by molar-refractivity contribution is 5.46. The molecule has 0 aliphatic rings. The summed E-state index contributed by atoms with van der Waals surface area (Å²) in [5.41, 5.74) is 2.36. The van der Waals surface area contributed by atoms with E-state index in [1.807, 2.05) is 35.7 Å². The molecule has 0 bridgehead atoms. The van der Waals surface area contributed by atoms with Crippen LogP contribution < -0.4 is 0 Å². The highest BCUT2D eigenvalue weighted by Crippen LogP contribution is 2.11. The Kier molecular flexibility index (Phi) is 1.75. The summed E-state index contributed by atoms with van der Waals surface area (Å²) >= 11 is 0. The van der Waals surface area contributed by atoms with E-state index in [4.69, 9.17) is 5.26 Å². The van der Waals surface area contributed by atoms with Gasteiger partial charge in [-0.15, -0.1) is 0 Å². The van der Waals surface area contributed by atoms with E-state index in [1.54, 1.807) is 0 Å². The molecule has 0 atom stereocenters. The van der Waals surface area contributed by atoms with Crippen LogP contribution in [-0.4, -0.2) is 9.38 Å². The van der Waals surface area contributed by atoms with Gasteiger partial charge >= 0.3 is 0 Å². The lowest BCUT2D eigenvalue weighted by molar-refractivity contribution is 1.05. The summed E-state index contributed by atoms with van der Waals surface area (Å²) in [5.74, 6) is 0. The summed E-state index contributed by atoms with van der Waals surface area (Å²) in [6.45, 7) is 2.00. The average Bonchev–Trinajstić information content (AvgIpc) is 2.55. The summed E-state index contributed by atoms with van der Waals surface area (Å²) in [6.07, 6.45) is 2.66. The predicted molar refractivity (Wildman–Crippen MR) is 49.3 cm³/mol. The summed E-state index contributed by atoms with van der Waals surface area (Å²) in [7, 11) is 0. The molecule has 2 aromatic heterocycles. The van der Waals surface area contributed by atoms with Crippen LogP contribution in [0, 0.1) is 11.3 Å². The van der Waals surface area contributed by atoms with Gasteiger partial charge in [0.2, 0.25) is 0 Å². The third-order valence-corrected chi connectivity index (χ3v) is 2.04. The van der Waals surface area contributed by atoms with Crippen molar-refractivity contribution in [3.05, 3.63) is 35.8 Å². The highest BCUT2D eigenvalue weighted by atomic mass is 15.0. The molecule has 3 nitrogen and oxygen atoms in total. The van der Waals surface area contributed by atoms with Gasteiger partial charge in [-0.05, 0) is 18.6 Å². The van der Waals surface area contributed by atoms with Gasteiger partial charge in [0.1, 0.15) is 17.4 Å². The Labute approximate surface area is 76.3 Å². The van der Waals surface area contributed by atoms with Gasteiger partial charge in [0.25, 0.3) is 0 Å². The van der Waals surface area contributed by atoms with E-state index in [0.29, 0.717) is 5.69 Å². The topological polar surface area (TPSA) is 41.1 Å². The fraction of sp³-hybridized carbons (Fsp3) is 0.200. The first-order chi connectivity index (χ1) is 6.36. The minimum Gasteiger partial charge on any atom is -0.291 e. The van der Waals surface area contributed by atoms with Crippen LogP contribution in [-0.2, 0) is 6.42 Å². The molecule has 2 heterocycles. The van der Waals surface area contributed by atoms with Crippen molar-refractivity contribution in [2.75, 3.05) is 0 Å². The Morgan fingerprint density at radius 3 is 3.08 bits per heavy atom. The fourth-order valence-corrected chi connectivity index (χ4v) is 1.41. The molecule has 0 unspecified atom stereocenters. The number of aromatic nitrogens is 2. The van der Waals surface area contributed by atoms with Crippen LogP contribution in [0.15, 0.2) is 24.4 Å². The molecule has 0 aliphatic carbocycles. The zero-order valence-electron chi connectivity index (χ0n) is 7.36. The smallest absolute Gasteiger partial charge is 0.147 e. The molecule has 0 aliphatic heterocycles. The van der Waals surface area contributed by atoms with Gasteiger partial charge in [-0.3, -0.25) is 4.40 Å². The maximum Gasteiger partial charge on any atom is 0.147 e. The van der Waals surface area contributed by atoms with E-state index in [9.17, 15) is 0 Å². The van der Waals surface area contributed by atoms with Crippen LogP contribution in [0.4, 0.5) is 0 Å². The third kappa shape index (κ3) is 1.07. The molecule has 0 N–H and O–H groups in total. The van der Waals surface area contributed by atoms with Crippen LogP contribution in [0.25, 0.3) is 5.65 Å². The standard InChI is InChI=1S/C10H9N3/c1-2-8-9(7-11)13-6-4-3-5-10(13)12-8/h3-6H,2H2,1H3. The Balaban J connectivity index is 2.83. The second-order valence-electron chi connectivity index (χ2n) is 2.80.